The molecule has 0 amide bonds. The van der Waals surface area contributed by atoms with Crippen LogP contribution in [0.1, 0.15) is 21.1 Å². The summed E-state index contributed by atoms with van der Waals surface area (Å²) in [6.45, 7) is 6.03. The van der Waals surface area contributed by atoms with Gasteiger partial charge in [0.2, 0.25) is 0 Å². The molecule has 9 nitrogen and oxygen atoms in total. The van der Waals surface area contributed by atoms with Gasteiger partial charge in [-0.3, -0.25) is 14.6 Å². The number of hydrogen-bond acceptors (Lipinski definition) is 9. The number of aryl methyl sites for hydroxylation is 1. The summed E-state index contributed by atoms with van der Waals surface area (Å²) in [6.07, 6.45) is 0. The zero-order valence-electron chi connectivity index (χ0n) is 16.1. The third-order valence-electron chi connectivity index (χ3n) is 4.94. The molecule has 0 atom stereocenters. The number of nitrogens with zero attached hydrogens (tertiary/aromatic N) is 5. The molecule has 0 N–H and O–H groups in total. The first-order valence-corrected chi connectivity index (χ1v) is 10.3. The van der Waals surface area contributed by atoms with E-state index in [1.165, 1.54) is 16.7 Å². The number of rotatable bonds is 5. The van der Waals surface area contributed by atoms with Crippen molar-refractivity contribution in [2.24, 2.45) is 0 Å². The molecule has 1 aliphatic heterocycles. The lowest BCUT2D eigenvalue weighted by molar-refractivity contribution is 0.0589. The Morgan fingerprint density at radius 1 is 1.28 bits per heavy atom. The molecule has 4 heterocycles. The number of ether oxygens (including phenoxy) is 1. The first-order valence-electron chi connectivity index (χ1n) is 9.10. The predicted molar refractivity (Wildman–Crippen MR) is 108 cm³/mol. The molecule has 0 radical (unpaired) electrons. The van der Waals surface area contributed by atoms with Gasteiger partial charge in [0.05, 0.1) is 23.5 Å². The highest BCUT2D eigenvalue weighted by molar-refractivity contribution is 7.16. The average molecular weight is 438 g/mol. The molecule has 3 aromatic heterocycles. The van der Waals surface area contributed by atoms with Gasteiger partial charge in [0.15, 0.2) is 11.2 Å². The Morgan fingerprint density at radius 2 is 2.00 bits per heavy atom. The Bertz CT molecular complexity index is 1100. The topological polar surface area (TPSA) is 93.7 Å². The molecule has 3 aromatic rings. The maximum absolute atomic E-state index is 12.8. The normalized spacial score (nSPS) is 15.8. The molecule has 0 aromatic carbocycles. The van der Waals surface area contributed by atoms with Gasteiger partial charge in [0.25, 0.3) is 5.56 Å². The minimum absolute atomic E-state index is 0.0362. The summed E-state index contributed by atoms with van der Waals surface area (Å²) in [5, 5.41) is 8.37. The van der Waals surface area contributed by atoms with Crippen molar-refractivity contribution in [3.63, 3.8) is 0 Å². The minimum Gasteiger partial charge on any atom is -0.464 e. The fourth-order valence-electron chi connectivity index (χ4n) is 3.41. The highest BCUT2D eigenvalue weighted by Crippen LogP contribution is 2.23. The van der Waals surface area contributed by atoms with E-state index in [-0.39, 0.29) is 23.4 Å². The van der Waals surface area contributed by atoms with Crippen molar-refractivity contribution in [3.05, 3.63) is 43.2 Å². The summed E-state index contributed by atoms with van der Waals surface area (Å²) in [5.41, 5.74) is -0.264. The molecule has 0 unspecified atom stereocenters. The molecule has 1 fully saturated rings. The highest BCUT2D eigenvalue weighted by Gasteiger charge is 2.24. The van der Waals surface area contributed by atoms with Gasteiger partial charge in [-0.1, -0.05) is 16.8 Å². The largest absolute Gasteiger partial charge is 0.464 e. The summed E-state index contributed by atoms with van der Waals surface area (Å²) >= 11 is 7.59. The number of halogens is 1. The number of aromatic nitrogens is 3. The quantitative estimate of drug-likeness (QED) is 0.559. The van der Waals surface area contributed by atoms with Gasteiger partial charge in [-0.2, -0.15) is 5.10 Å². The van der Waals surface area contributed by atoms with E-state index in [0.29, 0.717) is 11.1 Å². The van der Waals surface area contributed by atoms with E-state index in [0.717, 1.165) is 37.1 Å². The van der Waals surface area contributed by atoms with Crippen LogP contribution in [0, 0.1) is 6.92 Å². The second kappa shape index (κ2) is 8.23. The standard InChI is InChI=1S/C18H20ClN5O4S/c1-11-14-15(21-28-11)17(25)24(20-16(14)18(26)27-2)10-23-7-5-22(6-8-23)9-12-3-4-13(19)29-12/h3-4H,5-10H2,1-2H3. The van der Waals surface area contributed by atoms with Crippen LogP contribution in [0.4, 0.5) is 0 Å². The Balaban J connectivity index is 1.49. The lowest BCUT2D eigenvalue weighted by Gasteiger charge is -2.34. The van der Waals surface area contributed by atoms with Crippen LogP contribution in [-0.2, 0) is 18.0 Å². The van der Waals surface area contributed by atoms with Gasteiger partial charge >= 0.3 is 5.97 Å². The smallest absolute Gasteiger partial charge is 0.359 e. The van der Waals surface area contributed by atoms with Crippen molar-refractivity contribution in [3.8, 4) is 0 Å². The summed E-state index contributed by atoms with van der Waals surface area (Å²) in [4.78, 5) is 30.6. The molecule has 29 heavy (non-hydrogen) atoms. The van der Waals surface area contributed by atoms with E-state index < -0.39 is 5.97 Å². The van der Waals surface area contributed by atoms with Gasteiger partial charge in [0, 0.05) is 37.6 Å². The maximum atomic E-state index is 12.8. The molecule has 0 spiro atoms. The van der Waals surface area contributed by atoms with Crippen molar-refractivity contribution in [1.29, 1.82) is 0 Å². The van der Waals surface area contributed by atoms with E-state index in [1.54, 1.807) is 18.3 Å². The summed E-state index contributed by atoms with van der Waals surface area (Å²) in [6, 6.07) is 3.96. The van der Waals surface area contributed by atoms with Crippen LogP contribution in [0.25, 0.3) is 10.9 Å². The Kier molecular flexibility index (Phi) is 5.68. The molecule has 1 aliphatic rings. The van der Waals surface area contributed by atoms with E-state index in [1.807, 2.05) is 12.1 Å². The van der Waals surface area contributed by atoms with Crippen LogP contribution in [0.5, 0.6) is 0 Å². The second-order valence-electron chi connectivity index (χ2n) is 6.85. The zero-order valence-corrected chi connectivity index (χ0v) is 17.6. The molecule has 0 aliphatic carbocycles. The van der Waals surface area contributed by atoms with E-state index in [9.17, 15) is 9.59 Å². The minimum atomic E-state index is -0.630. The fraction of sp³-hybridized carbons (Fsp3) is 0.444. The Morgan fingerprint density at radius 3 is 2.66 bits per heavy atom. The van der Waals surface area contributed by atoms with Crippen molar-refractivity contribution >= 4 is 39.8 Å². The van der Waals surface area contributed by atoms with Crippen LogP contribution in [0.3, 0.4) is 0 Å². The van der Waals surface area contributed by atoms with E-state index in [2.05, 4.69) is 20.1 Å². The van der Waals surface area contributed by atoms with Gasteiger partial charge in [-0.05, 0) is 19.1 Å². The van der Waals surface area contributed by atoms with Crippen molar-refractivity contribution in [1.82, 2.24) is 24.7 Å². The van der Waals surface area contributed by atoms with Gasteiger partial charge in [0.1, 0.15) is 5.76 Å². The lowest BCUT2D eigenvalue weighted by atomic mass is 10.2. The van der Waals surface area contributed by atoms with E-state index in [4.69, 9.17) is 20.9 Å². The number of carbonyl (C=O) groups is 1. The first kappa shape index (κ1) is 20.0. The number of methoxy groups -OCH3 is 1. The third kappa shape index (κ3) is 4.06. The third-order valence-corrected chi connectivity index (χ3v) is 6.16. The van der Waals surface area contributed by atoms with Crippen LogP contribution in [-0.4, -0.2) is 64.0 Å². The Labute approximate surface area is 175 Å². The SMILES string of the molecule is COC(=O)c1nn(CN2CCN(Cc3ccc(Cl)s3)CC2)c(=O)c2noc(C)c12. The molecular weight excluding hydrogens is 418 g/mol. The number of piperazine rings is 1. The van der Waals surface area contributed by atoms with Crippen molar-refractivity contribution in [2.75, 3.05) is 33.3 Å². The number of carbonyl (C=O) groups excluding carboxylic acids is 1. The number of fused-ring (bicyclic) bond motifs is 1. The predicted octanol–water partition coefficient (Wildman–Crippen LogP) is 1.97. The monoisotopic (exact) mass is 437 g/mol. The molecule has 1 saturated heterocycles. The zero-order chi connectivity index (χ0) is 20.5. The molecule has 11 heteroatoms. The second-order valence-corrected chi connectivity index (χ2v) is 8.65. The first-order chi connectivity index (χ1) is 14.0. The number of esters is 1. The van der Waals surface area contributed by atoms with E-state index >= 15 is 0 Å². The maximum Gasteiger partial charge on any atom is 0.359 e. The number of thiophene rings is 1. The number of hydrogen-bond donors (Lipinski definition) is 0. The molecule has 4 rings (SSSR count). The summed E-state index contributed by atoms with van der Waals surface area (Å²) < 4.78 is 12.0. The van der Waals surface area contributed by atoms with Gasteiger partial charge in [-0.25, -0.2) is 9.48 Å². The summed E-state index contributed by atoms with van der Waals surface area (Å²) in [5.74, 6) is -0.270. The van der Waals surface area contributed by atoms with Crippen LogP contribution in [0.15, 0.2) is 21.5 Å². The fourth-order valence-corrected chi connectivity index (χ4v) is 4.54. The highest BCUT2D eigenvalue weighted by atomic mass is 35.5. The van der Waals surface area contributed by atoms with Gasteiger partial charge in [-0.15, -0.1) is 11.3 Å². The van der Waals surface area contributed by atoms with Gasteiger partial charge < -0.3 is 9.26 Å². The molecule has 0 bridgehead atoms. The molecule has 0 saturated carbocycles. The van der Waals surface area contributed by atoms with Crippen molar-refractivity contribution < 1.29 is 14.1 Å². The Hall–Kier alpha value is -2.27. The average Bonchev–Trinajstić information content (AvgIpc) is 3.30. The van der Waals surface area contributed by atoms with Crippen LogP contribution in [0.2, 0.25) is 4.34 Å². The van der Waals surface area contributed by atoms with Crippen LogP contribution < -0.4 is 5.56 Å². The molecule has 154 valence electrons. The lowest BCUT2D eigenvalue weighted by Crippen LogP contribution is -2.47. The molecular formula is C18H20ClN5O4S. The van der Waals surface area contributed by atoms with Crippen LogP contribution >= 0.6 is 22.9 Å². The summed E-state index contributed by atoms with van der Waals surface area (Å²) in [7, 11) is 1.27. The van der Waals surface area contributed by atoms with Crippen molar-refractivity contribution in [2.45, 2.75) is 20.1 Å².